The zero-order chi connectivity index (χ0) is 15.2. The molecule has 0 atom stereocenters. The summed E-state index contributed by atoms with van der Waals surface area (Å²) in [5.41, 5.74) is -0.0362. The van der Waals surface area contributed by atoms with E-state index in [1.807, 2.05) is 0 Å². The molecule has 0 aliphatic rings. The summed E-state index contributed by atoms with van der Waals surface area (Å²) in [7, 11) is 0. The zero-order valence-electron chi connectivity index (χ0n) is 11.4. The van der Waals surface area contributed by atoms with Gasteiger partial charge in [-0.15, -0.1) is 0 Å². The van der Waals surface area contributed by atoms with E-state index in [1.54, 1.807) is 30.5 Å². The first-order valence-electron chi connectivity index (χ1n) is 6.42. The van der Waals surface area contributed by atoms with Crippen LogP contribution in [0, 0.1) is 10.1 Å². The number of nitrogens with zero attached hydrogens (tertiary/aromatic N) is 2. The first-order valence-corrected chi connectivity index (χ1v) is 7.21. The molecule has 2 aromatic rings. The summed E-state index contributed by atoms with van der Waals surface area (Å²) < 4.78 is 6.00. The SMILES string of the molecule is CCCNc1cc(Oc2cccc([N+](=O)[O-])c2Br)ccn1. The molecule has 6 nitrogen and oxygen atoms in total. The predicted octanol–water partition coefficient (Wildman–Crippen LogP) is 4.37. The molecule has 1 aromatic carbocycles. The lowest BCUT2D eigenvalue weighted by Crippen LogP contribution is -2.01. The van der Waals surface area contributed by atoms with Crippen molar-refractivity contribution in [3.8, 4) is 11.5 Å². The van der Waals surface area contributed by atoms with Crippen LogP contribution in [0.2, 0.25) is 0 Å². The van der Waals surface area contributed by atoms with Crippen molar-refractivity contribution in [1.29, 1.82) is 0 Å². The molecule has 2 rings (SSSR count). The Morgan fingerprint density at radius 1 is 1.43 bits per heavy atom. The van der Waals surface area contributed by atoms with E-state index in [0.29, 0.717) is 21.8 Å². The molecule has 0 fully saturated rings. The number of benzene rings is 1. The van der Waals surface area contributed by atoms with Gasteiger partial charge in [-0.2, -0.15) is 0 Å². The second kappa shape index (κ2) is 7.03. The maximum Gasteiger partial charge on any atom is 0.287 e. The predicted molar refractivity (Wildman–Crippen MR) is 83.9 cm³/mol. The van der Waals surface area contributed by atoms with E-state index in [9.17, 15) is 10.1 Å². The summed E-state index contributed by atoms with van der Waals surface area (Å²) >= 11 is 3.20. The van der Waals surface area contributed by atoms with Gasteiger partial charge in [-0.3, -0.25) is 10.1 Å². The zero-order valence-corrected chi connectivity index (χ0v) is 13.0. The molecule has 0 saturated carbocycles. The molecule has 7 heteroatoms. The van der Waals surface area contributed by atoms with Crippen LogP contribution in [0.15, 0.2) is 41.0 Å². The van der Waals surface area contributed by atoms with Crippen LogP contribution in [0.25, 0.3) is 0 Å². The highest BCUT2D eigenvalue weighted by Gasteiger charge is 2.16. The monoisotopic (exact) mass is 351 g/mol. The first kappa shape index (κ1) is 15.2. The molecular formula is C14H14BrN3O3. The van der Waals surface area contributed by atoms with Crippen molar-refractivity contribution >= 4 is 27.4 Å². The molecule has 1 N–H and O–H groups in total. The standard InChI is InChI=1S/C14H14BrN3O3/c1-2-7-16-13-9-10(6-8-17-13)21-12-5-3-4-11(14(12)15)18(19)20/h3-6,8-9H,2,7H2,1H3,(H,16,17). The average Bonchev–Trinajstić information content (AvgIpc) is 2.47. The number of anilines is 1. The van der Waals surface area contributed by atoms with Gasteiger partial charge in [0.2, 0.25) is 0 Å². The number of rotatable bonds is 6. The fourth-order valence-corrected chi connectivity index (χ4v) is 2.16. The van der Waals surface area contributed by atoms with Crippen LogP contribution in [0.4, 0.5) is 11.5 Å². The van der Waals surface area contributed by atoms with Crippen LogP contribution in [0.3, 0.4) is 0 Å². The lowest BCUT2D eigenvalue weighted by atomic mass is 10.3. The minimum absolute atomic E-state index is 0.0362. The Morgan fingerprint density at radius 2 is 2.24 bits per heavy atom. The summed E-state index contributed by atoms with van der Waals surface area (Å²) in [6.45, 7) is 2.88. The minimum atomic E-state index is -0.461. The van der Waals surface area contributed by atoms with Crippen molar-refractivity contribution in [2.45, 2.75) is 13.3 Å². The van der Waals surface area contributed by atoms with Gasteiger partial charge >= 0.3 is 0 Å². The summed E-state index contributed by atoms with van der Waals surface area (Å²) in [6.07, 6.45) is 2.61. The smallest absolute Gasteiger partial charge is 0.287 e. The lowest BCUT2D eigenvalue weighted by molar-refractivity contribution is -0.385. The van der Waals surface area contributed by atoms with Gasteiger partial charge in [0.1, 0.15) is 21.8 Å². The fraction of sp³-hybridized carbons (Fsp3) is 0.214. The number of aromatic nitrogens is 1. The van der Waals surface area contributed by atoms with Crippen LogP contribution in [-0.2, 0) is 0 Å². The molecule has 1 aromatic heterocycles. The maximum absolute atomic E-state index is 10.9. The number of ether oxygens (including phenoxy) is 1. The number of hydrogen-bond donors (Lipinski definition) is 1. The van der Waals surface area contributed by atoms with Crippen LogP contribution < -0.4 is 10.1 Å². The normalized spacial score (nSPS) is 10.2. The summed E-state index contributed by atoms with van der Waals surface area (Å²) in [5.74, 6) is 1.65. The number of pyridine rings is 1. The topological polar surface area (TPSA) is 77.3 Å². The van der Waals surface area contributed by atoms with Gasteiger partial charge in [0.15, 0.2) is 0 Å². The van der Waals surface area contributed by atoms with Crippen LogP contribution in [-0.4, -0.2) is 16.5 Å². The van der Waals surface area contributed by atoms with E-state index in [2.05, 4.69) is 33.2 Å². The Balaban J connectivity index is 2.22. The van der Waals surface area contributed by atoms with Gasteiger partial charge in [0.05, 0.1) is 4.92 Å². The minimum Gasteiger partial charge on any atom is -0.456 e. The highest BCUT2D eigenvalue weighted by Crippen LogP contribution is 2.36. The Labute approximate surface area is 130 Å². The maximum atomic E-state index is 10.9. The second-order valence-electron chi connectivity index (χ2n) is 4.25. The van der Waals surface area contributed by atoms with Crippen molar-refractivity contribution in [1.82, 2.24) is 4.98 Å². The molecule has 0 radical (unpaired) electrons. The lowest BCUT2D eigenvalue weighted by Gasteiger charge is -2.09. The van der Waals surface area contributed by atoms with E-state index >= 15 is 0 Å². The summed E-state index contributed by atoms with van der Waals surface area (Å²) in [6, 6.07) is 8.10. The van der Waals surface area contributed by atoms with Crippen molar-refractivity contribution in [3.05, 3.63) is 51.1 Å². The molecule has 110 valence electrons. The number of nitrogens with one attached hydrogen (secondary N) is 1. The van der Waals surface area contributed by atoms with E-state index in [1.165, 1.54) is 6.07 Å². The Bertz CT molecular complexity index is 649. The Kier molecular flexibility index (Phi) is 5.10. The third-order valence-electron chi connectivity index (χ3n) is 2.65. The first-order chi connectivity index (χ1) is 10.1. The Morgan fingerprint density at radius 3 is 2.95 bits per heavy atom. The highest BCUT2D eigenvalue weighted by atomic mass is 79.9. The van der Waals surface area contributed by atoms with Crippen molar-refractivity contribution in [2.75, 3.05) is 11.9 Å². The van der Waals surface area contributed by atoms with Gasteiger partial charge in [0, 0.05) is 24.9 Å². The number of halogens is 1. The Hall–Kier alpha value is -2.15. The van der Waals surface area contributed by atoms with Crippen molar-refractivity contribution in [3.63, 3.8) is 0 Å². The van der Waals surface area contributed by atoms with Gasteiger partial charge in [-0.1, -0.05) is 13.0 Å². The van der Waals surface area contributed by atoms with E-state index in [0.717, 1.165) is 13.0 Å². The van der Waals surface area contributed by atoms with E-state index in [4.69, 9.17) is 4.74 Å². The van der Waals surface area contributed by atoms with Gasteiger partial charge in [0.25, 0.3) is 5.69 Å². The molecule has 0 unspecified atom stereocenters. The number of nitro benzene ring substituents is 1. The molecule has 0 spiro atoms. The van der Waals surface area contributed by atoms with Crippen LogP contribution in [0.1, 0.15) is 13.3 Å². The summed E-state index contributed by atoms with van der Waals surface area (Å²) in [5, 5.41) is 14.1. The molecule has 21 heavy (non-hydrogen) atoms. The second-order valence-corrected chi connectivity index (χ2v) is 5.04. The van der Waals surface area contributed by atoms with E-state index < -0.39 is 4.92 Å². The average molecular weight is 352 g/mol. The molecule has 1 heterocycles. The molecule has 0 aliphatic carbocycles. The molecular weight excluding hydrogens is 338 g/mol. The largest absolute Gasteiger partial charge is 0.456 e. The molecule has 0 amide bonds. The van der Waals surface area contributed by atoms with Crippen molar-refractivity contribution < 1.29 is 9.66 Å². The third-order valence-corrected chi connectivity index (χ3v) is 3.45. The number of hydrogen-bond acceptors (Lipinski definition) is 5. The van der Waals surface area contributed by atoms with E-state index in [-0.39, 0.29) is 5.69 Å². The molecule has 0 aliphatic heterocycles. The highest BCUT2D eigenvalue weighted by molar-refractivity contribution is 9.10. The number of nitro groups is 1. The summed E-state index contributed by atoms with van der Waals surface area (Å²) in [4.78, 5) is 14.6. The van der Waals surface area contributed by atoms with Gasteiger partial charge < -0.3 is 10.1 Å². The van der Waals surface area contributed by atoms with Gasteiger partial charge in [-0.05, 0) is 34.5 Å². The molecule has 0 bridgehead atoms. The fourth-order valence-electron chi connectivity index (χ4n) is 1.67. The van der Waals surface area contributed by atoms with Gasteiger partial charge in [-0.25, -0.2) is 4.98 Å². The third kappa shape index (κ3) is 3.91. The van der Waals surface area contributed by atoms with Crippen molar-refractivity contribution in [2.24, 2.45) is 0 Å². The quantitative estimate of drug-likeness (QED) is 0.617. The van der Waals surface area contributed by atoms with Crippen LogP contribution >= 0.6 is 15.9 Å². The van der Waals surface area contributed by atoms with Crippen LogP contribution in [0.5, 0.6) is 11.5 Å². The molecule has 0 saturated heterocycles.